The third-order valence-corrected chi connectivity index (χ3v) is 5.19. The number of hydrogen-bond acceptors (Lipinski definition) is 4. The van der Waals surface area contributed by atoms with E-state index >= 15 is 0 Å². The molecule has 1 atom stereocenters. The number of nitrogens with one attached hydrogen (secondary N) is 1. The van der Waals surface area contributed by atoms with Crippen molar-refractivity contribution >= 4 is 16.0 Å². The van der Waals surface area contributed by atoms with Crippen molar-refractivity contribution in [3.05, 3.63) is 28.8 Å². The number of ether oxygens (including phenoxy) is 1. The van der Waals surface area contributed by atoms with Gasteiger partial charge in [0.15, 0.2) is 0 Å². The van der Waals surface area contributed by atoms with Gasteiger partial charge in [0.2, 0.25) is 10.0 Å². The highest BCUT2D eigenvalue weighted by molar-refractivity contribution is 7.89. The van der Waals surface area contributed by atoms with Gasteiger partial charge in [-0.15, -0.1) is 0 Å². The van der Waals surface area contributed by atoms with Gasteiger partial charge in [-0.3, -0.25) is 0 Å². The lowest BCUT2D eigenvalue weighted by Gasteiger charge is -2.23. The van der Waals surface area contributed by atoms with Gasteiger partial charge in [0, 0.05) is 12.6 Å². The van der Waals surface area contributed by atoms with Crippen LogP contribution in [-0.4, -0.2) is 38.7 Å². The highest BCUT2D eigenvalue weighted by atomic mass is 32.2. The number of carboxylic acid groups (broad SMARTS) is 1. The van der Waals surface area contributed by atoms with Crippen molar-refractivity contribution in [2.75, 3.05) is 13.2 Å². The summed E-state index contributed by atoms with van der Waals surface area (Å²) in [6, 6.07) is 2.53. The summed E-state index contributed by atoms with van der Waals surface area (Å²) in [6.07, 6.45) is 1.52. The zero-order chi connectivity index (χ0) is 15.6. The van der Waals surface area contributed by atoms with Gasteiger partial charge in [0.25, 0.3) is 0 Å². The third-order valence-electron chi connectivity index (χ3n) is 3.52. The summed E-state index contributed by atoms with van der Waals surface area (Å²) < 4.78 is 32.7. The highest BCUT2D eigenvalue weighted by Crippen LogP contribution is 2.21. The van der Waals surface area contributed by atoms with Crippen molar-refractivity contribution in [1.82, 2.24) is 4.72 Å². The fourth-order valence-corrected chi connectivity index (χ4v) is 3.98. The molecule has 1 fully saturated rings. The Kier molecular flexibility index (Phi) is 4.65. The fraction of sp³-hybridized carbons (Fsp3) is 0.500. The zero-order valence-electron chi connectivity index (χ0n) is 12.0. The van der Waals surface area contributed by atoms with Crippen LogP contribution in [0.5, 0.6) is 0 Å². The molecule has 0 aromatic heterocycles. The van der Waals surface area contributed by atoms with Crippen molar-refractivity contribution in [3.63, 3.8) is 0 Å². The SMILES string of the molecule is Cc1cc(C)c(S(=O)(=O)NC2CCCOC2)cc1C(=O)O. The Hall–Kier alpha value is -1.44. The summed E-state index contributed by atoms with van der Waals surface area (Å²) in [5.74, 6) is -1.13. The van der Waals surface area contributed by atoms with Crippen molar-refractivity contribution < 1.29 is 23.1 Å². The maximum Gasteiger partial charge on any atom is 0.335 e. The largest absolute Gasteiger partial charge is 0.478 e. The molecular weight excluding hydrogens is 294 g/mol. The normalized spacial score (nSPS) is 19.4. The number of rotatable bonds is 4. The summed E-state index contributed by atoms with van der Waals surface area (Å²) in [7, 11) is -3.76. The number of sulfonamides is 1. The van der Waals surface area contributed by atoms with Crippen LogP contribution in [0, 0.1) is 13.8 Å². The first-order valence-electron chi connectivity index (χ1n) is 6.76. The van der Waals surface area contributed by atoms with Crippen LogP contribution in [0.15, 0.2) is 17.0 Å². The Morgan fingerprint density at radius 2 is 2.05 bits per heavy atom. The predicted molar refractivity (Wildman–Crippen MR) is 77.0 cm³/mol. The van der Waals surface area contributed by atoms with Crippen LogP contribution in [0.25, 0.3) is 0 Å². The molecule has 6 nitrogen and oxygen atoms in total. The van der Waals surface area contributed by atoms with Crippen LogP contribution in [-0.2, 0) is 14.8 Å². The summed E-state index contributed by atoms with van der Waals surface area (Å²) in [4.78, 5) is 11.2. The van der Waals surface area contributed by atoms with E-state index in [0.29, 0.717) is 24.3 Å². The van der Waals surface area contributed by atoms with Crippen LogP contribution < -0.4 is 4.72 Å². The second-order valence-electron chi connectivity index (χ2n) is 5.27. The molecule has 7 heteroatoms. The van der Waals surface area contributed by atoms with E-state index < -0.39 is 16.0 Å². The van der Waals surface area contributed by atoms with Crippen molar-refractivity contribution in [2.45, 2.75) is 37.6 Å². The number of carboxylic acids is 1. The quantitative estimate of drug-likeness (QED) is 0.878. The van der Waals surface area contributed by atoms with Gasteiger partial charge in [-0.05, 0) is 43.9 Å². The standard InChI is InChI=1S/C14H19NO5S/c1-9-6-10(2)13(7-12(9)14(16)17)21(18,19)15-11-4-3-5-20-8-11/h6-7,11,15H,3-5,8H2,1-2H3,(H,16,17). The zero-order valence-corrected chi connectivity index (χ0v) is 12.9. The number of aryl methyl sites for hydroxylation is 2. The summed E-state index contributed by atoms with van der Waals surface area (Å²) in [6.45, 7) is 4.29. The van der Waals surface area contributed by atoms with Crippen LogP contribution in [0.4, 0.5) is 0 Å². The lowest BCUT2D eigenvalue weighted by Crippen LogP contribution is -2.40. The molecule has 1 saturated heterocycles. The summed E-state index contributed by atoms with van der Waals surface area (Å²) in [5, 5.41) is 9.13. The molecule has 0 amide bonds. The minimum atomic E-state index is -3.76. The average Bonchev–Trinajstić information content (AvgIpc) is 2.38. The van der Waals surface area contributed by atoms with Crippen molar-refractivity contribution in [1.29, 1.82) is 0 Å². The summed E-state index contributed by atoms with van der Waals surface area (Å²) in [5.41, 5.74) is 1.07. The second-order valence-corrected chi connectivity index (χ2v) is 6.96. The number of carbonyl (C=O) groups is 1. The van der Waals surface area contributed by atoms with Gasteiger partial charge >= 0.3 is 5.97 Å². The van der Waals surface area contributed by atoms with Crippen LogP contribution in [0.3, 0.4) is 0 Å². The van der Waals surface area contributed by atoms with E-state index in [2.05, 4.69) is 4.72 Å². The molecule has 0 radical (unpaired) electrons. The molecule has 0 spiro atoms. The van der Waals surface area contributed by atoms with Crippen LogP contribution in [0.2, 0.25) is 0 Å². The van der Waals surface area contributed by atoms with Gasteiger partial charge in [0.1, 0.15) is 0 Å². The monoisotopic (exact) mass is 313 g/mol. The van der Waals surface area contributed by atoms with Crippen molar-refractivity contribution in [3.8, 4) is 0 Å². The van der Waals surface area contributed by atoms with Gasteiger partial charge < -0.3 is 9.84 Å². The first-order valence-corrected chi connectivity index (χ1v) is 8.24. The molecular formula is C14H19NO5S. The van der Waals surface area contributed by atoms with Gasteiger partial charge in [0.05, 0.1) is 17.1 Å². The van der Waals surface area contributed by atoms with E-state index in [1.807, 2.05) is 0 Å². The van der Waals surface area contributed by atoms with E-state index in [0.717, 1.165) is 12.8 Å². The number of benzene rings is 1. The van der Waals surface area contributed by atoms with E-state index in [1.165, 1.54) is 6.07 Å². The molecule has 2 N–H and O–H groups in total. The molecule has 1 heterocycles. The smallest absolute Gasteiger partial charge is 0.335 e. The van der Waals surface area contributed by atoms with E-state index in [1.54, 1.807) is 19.9 Å². The highest BCUT2D eigenvalue weighted by Gasteiger charge is 2.25. The Labute approximate surface area is 124 Å². The predicted octanol–water partition coefficient (Wildman–Crippen LogP) is 1.46. The van der Waals surface area contributed by atoms with E-state index in [4.69, 9.17) is 9.84 Å². The fourth-order valence-electron chi connectivity index (χ4n) is 2.47. The Morgan fingerprint density at radius 1 is 1.33 bits per heavy atom. The second kappa shape index (κ2) is 6.13. The molecule has 1 unspecified atom stereocenters. The summed E-state index contributed by atoms with van der Waals surface area (Å²) >= 11 is 0. The van der Waals surface area contributed by atoms with E-state index in [-0.39, 0.29) is 16.5 Å². The van der Waals surface area contributed by atoms with Crippen LogP contribution >= 0.6 is 0 Å². The molecule has 116 valence electrons. The van der Waals surface area contributed by atoms with Gasteiger partial charge in [-0.25, -0.2) is 17.9 Å². The topological polar surface area (TPSA) is 92.7 Å². The van der Waals surface area contributed by atoms with Crippen molar-refractivity contribution in [2.24, 2.45) is 0 Å². The Bertz CT molecular complexity index is 648. The molecule has 1 aliphatic heterocycles. The molecule has 21 heavy (non-hydrogen) atoms. The molecule has 1 aromatic carbocycles. The maximum atomic E-state index is 12.4. The number of aromatic carboxylic acids is 1. The molecule has 2 rings (SSSR count). The Morgan fingerprint density at radius 3 is 2.62 bits per heavy atom. The Balaban J connectivity index is 2.34. The minimum Gasteiger partial charge on any atom is -0.478 e. The molecule has 0 bridgehead atoms. The molecule has 0 saturated carbocycles. The number of hydrogen-bond donors (Lipinski definition) is 2. The minimum absolute atomic E-state index is 0.000805. The maximum absolute atomic E-state index is 12.4. The molecule has 1 aliphatic rings. The van der Waals surface area contributed by atoms with Gasteiger partial charge in [-0.2, -0.15) is 0 Å². The van der Waals surface area contributed by atoms with E-state index in [9.17, 15) is 13.2 Å². The first kappa shape index (κ1) is 15.9. The van der Waals surface area contributed by atoms with Crippen LogP contribution in [0.1, 0.15) is 34.3 Å². The molecule has 0 aliphatic carbocycles. The average molecular weight is 313 g/mol. The third kappa shape index (κ3) is 3.61. The lowest BCUT2D eigenvalue weighted by molar-refractivity contribution is 0.0695. The van der Waals surface area contributed by atoms with Gasteiger partial charge in [-0.1, -0.05) is 6.07 Å². The first-order chi connectivity index (χ1) is 9.81. The lowest BCUT2D eigenvalue weighted by atomic mass is 10.1. The molecule has 1 aromatic rings.